The summed E-state index contributed by atoms with van der Waals surface area (Å²) in [6, 6.07) is 0. The van der Waals surface area contributed by atoms with Gasteiger partial charge in [-0.3, -0.25) is 4.68 Å². The van der Waals surface area contributed by atoms with Gasteiger partial charge in [0.15, 0.2) is 0 Å². The third-order valence-corrected chi connectivity index (χ3v) is 2.23. The second-order valence-corrected chi connectivity index (χ2v) is 7.01. The fraction of sp³-hybridized carbons (Fsp3) is 0.733. The molecule has 1 aromatic rings. The van der Waals surface area contributed by atoms with Crippen molar-refractivity contribution in [2.45, 2.75) is 60.9 Å². The van der Waals surface area contributed by atoms with Crippen molar-refractivity contribution in [3.63, 3.8) is 0 Å². The summed E-state index contributed by atoms with van der Waals surface area (Å²) in [6.45, 7) is 13.8. The molecule has 0 aliphatic carbocycles. The van der Waals surface area contributed by atoms with Gasteiger partial charge in [-0.2, -0.15) is 0 Å². The molecule has 0 N–H and O–H groups in total. The minimum atomic E-state index is 0.0831. The summed E-state index contributed by atoms with van der Waals surface area (Å²) < 4.78 is 1.89. The Kier molecular flexibility index (Phi) is 4.56. The van der Waals surface area contributed by atoms with Crippen LogP contribution in [0.3, 0.4) is 0 Å². The molecule has 0 bridgehead atoms. The zero-order valence-corrected chi connectivity index (χ0v) is 12.5. The van der Waals surface area contributed by atoms with E-state index in [9.17, 15) is 0 Å². The Morgan fingerprint density at radius 1 is 1.17 bits per heavy atom. The van der Waals surface area contributed by atoms with Gasteiger partial charge in [0, 0.05) is 18.0 Å². The van der Waals surface area contributed by atoms with Crippen LogP contribution in [0.5, 0.6) is 0 Å². The van der Waals surface area contributed by atoms with Gasteiger partial charge in [-0.25, -0.2) is 0 Å². The predicted molar refractivity (Wildman–Crippen MR) is 75.0 cm³/mol. The van der Waals surface area contributed by atoms with Crippen molar-refractivity contribution in [3.8, 4) is 11.8 Å². The number of rotatable bonds is 3. The highest BCUT2D eigenvalue weighted by molar-refractivity contribution is 5.07. The molecule has 0 saturated heterocycles. The smallest absolute Gasteiger partial charge is 0.0832 e. The maximum Gasteiger partial charge on any atom is 0.0832 e. The Hall–Kier alpha value is -1.30. The van der Waals surface area contributed by atoms with Gasteiger partial charge in [-0.05, 0) is 32.6 Å². The van der Waals surface area contributed by atoms with E-state index in [4.69, 9.17) is 0 Å². The number of aromatic nitrogens is 3. The number of aryl methyl sites for hydroxylation is 1. The van der Waals surface area contributed by atoms with Crippen molar-refractivity contribution in [2.75, 3.05) is 0 Å². The van der Waals surface area contributed by atoms with Gasteiger partial charge < -0.3 is 0 Å². The van der Waals surface area contributed by atoms with Crippen LogP contribution in [-0.2, 0) is 13.0 Å². The van der Waals surface area contributed by atoms with Crippen molar-refractivity contribution in [2.24, 2.45) is 10.8 Å². The number of hydrogen-bond acceptors (Lipinski definition) is 2. The van der Waals surface area contributed by atoms with Gasteiger partial charge in [-0.1, -0.05) is 31.9 Å². The standard InChI is InChI=1S/C15H25N3/c1-14(2,3)9-7-8-10-18-12-13(16-17-18)11-15(4,5)6/h12H,8,10-11H2,1-6H3. The van der Waals surface area contributed by atoms with Gasteiger partial charge in [0.25, 0.3) is 0 Å². The van der Waals surface area contributed by atoms with E-state index in [0.29, 0.717) is 0 Å². The quantitative estimate of drug-likeness (QED) is 0.767. The van der Waals surface area contributed by atoms with E-state index in [1.165, 1.54) is 0 Å². The average Bonchev–Trinajstić information content (AvgIpc) is 2.56. The van der Waals surface area contributed by atoms with E-state index >= 15 is 0 Å². The summed E-state index contributed by atoms with van der Waals surface area (Å²) >= 11 is 0. The third-order valence-electron chi connectivity index (χ3n) is 2.23. The lowest BCUT2D eigenvalue weighted by Crippen LogP contribution is -2.09. The van der Waals surface area contributed by atoms with Gasteiger partial charge in [0.05, 0.1) is 12.2 Å². The first-order valence-electron chi connectivity index (χ1n) is 6.55. The molecule has 1 aromatic heterocycles. The van der Waals surface area contributed by atoms with E-state index in [0.717, 1.165) is 25.1 Å². The van der Waals surface area contributed by atoms with Crippen LogP contribution in [0.1, 0.15) is 53.7 Å². The van der Waals surface area contributed by atoms with Crippen LogP contribution >= 0.6 is 0 Å². The molecule has 100 valence electrons. The third kappa shape index (κ3) is 6.44. The molecule has 1 rings (SSSR count). The van der Waals surface area contributed by atoms with E-state index in [-0.39, 0.29) is 10.8 Å². The lowest BCUT2D eigenvalue weighted by atomic mass is 9.91. The van der Waals surface area contributed by atoms with Crippen LogP contribution in [0.15, 0.2) is 6.20 Å². The normalized spacial score (nSPS) is 12.1. The lowest BCUT2D eigenvalue weighted by molar-refractivity contribution is 0.406. The monoisotopic (exact) mass is 247 g/mol. The largest absolute Gasteiger partial charge is 0.251 e. The predicted octanol–water partition coefficient (Wildman–Crippen LogP) is 3.31. The van der Waals surface area contributed by atoms with Crippen molar-refractivity contribution >= 4 is 0 Å². The minimum Gasteiger partial charge on any atom is -0.251 e. The Bertz CT molecular complexity index is 433. The van der Waals surface area contributed by atoms with E-state index in [2.05, 4.69) is 63.7 Å². The number of nitrogens with zero attached hydrogens (tertiary/aromatic N) is 3. The van der Waals surface area contributed by atoms with Crippen molar-refractivity contribution < 1.29 is 0 Å². The SMILES string of the molecule is CC(C)(C)C#CCCn1cc(CC(C)(C)C)nn1. The molecule has 3 heteroatoms. The lowest BCUT2D eigenvalue weighted by Gasteiger charge is -2.15. The molecule has 3 nitrogen and oxygen atoms in total. The molecule has 0 aliphatic heterocycles. The Balaban J connectivity index is 2.47. The van der Waals surface area contributed by atoms with E-state index in [1.54, 1.807) is 0 Å². The highest BCUT2D eigenvalue weighted by atomic mass is 15.4. The fourth-order valence-electron chi connectivity index (χ4n) is 1.57. The minimum absolute atomic E-state index is 0.0831. The van der Waals surface area contributed by atoms with Crippen LogP contribution in [0.25, 0.3) is 0 Å². The molecular weight excluding hydrogens is 222 g/mol. The number of hydrogen-bond donors (Lipinski definition) is 0. The van der Waals surface area contributed by atoms with E-state index < -0.39 is 0 Å². The zero-order chi connectivity index (χ0) is 13.8. The molecule has 0 aliphatic rings. The molecule has 0 saturated carbocycles. The first-order valence-corrected chi connectivity index (χ1v) is 6.55. The molecule has 0 radical (unpaired) electrons. The molecule has 0 atom stereocenters. The summed E-state index contributed by atoms with van der Waals surface area (Å²) in [5, 5.41) is 8.33. The van der Waals surface area contributed by atoms with Gasteiger partial charge in [0.1, 0.15) is 0 Å². The summed E-state index contributed by atoms with van der Waals surface area (Å²) in [7, 11) is 0. The summed E-state index contributed by atoms with van der Waals surface area (Å²) in [4.78, 5) is 0. The molecule has 0 fully saturated rings. The molecule has 0 unspecified atom stereocenters. The maximum absolute atomic E-state index is 4.19. The zero-order valence-electron chi connectivity index (χ0n) is 12.5. The highest BCUT2D eigenvalue weighted by Gasteiger charge is 2.13. The van der Waals surface area contributed by atoms with Crippen LogP contribution < -0.4 is 0 Å². The van der Waals surface area contributed by atoms with Crippen molar-refractivity contribution in [1.29, 1.82) is 0 Å². The van der Waals surface area contributed by atoms with Crippen molar-refractivity contribution in [1.82, 2.24) is 15.0 Å². The molecule has 0 aromatic carbocycles. The maximum atomic E-state index is 4.19. The van der Waals surface area contributed by atoms with Gasteiger partial charge in [-0.15, -0.1) is 11.0 Å². The van der Waals surface area contributed by atoms with Crippen molar-refractivity contribution in [3.05, 3.63) is 11.9 Å². The average molecular weight is 247 g/mol. The molecular formula is C15H25N3. The van der Waals surface area contributed by atoms with Gasteiger partial charge in [0.2, 0.25) is 0 Å². The first kappa shape index (κ1) is 14.8. The topological polar surface area (TPSA) is 30.7 Å². The van der Waals surface area contributed by atoms with Crippen LogP contribution in [0, 0.1) is 22.7 Å². The van der Waals surface area contributed by atoms with E-state index in [1.807, 2.05) is 10.9 Å². The molecule has 18 heavy (non-hydrogen) atoms. The Morgan fingerprint density at radius 3 is 2.39 bits per heavy atom. The second kappa shape index (κ2) is 5.56. The molecule has 1 heterocycles. The van der Waals surface area contributed by atoms with Crippen LogP contribution in [0.4, 0.5) is 0 Å². The Morgan fingerprint density at radius 2 is 1.83 bits per heavy atom. The molecule has 0 amide bonds. The fourth-order valence-corrected chi connectivity index (χ4v) is 1.57. The highest BCUT2D eigenvalue weighted by Crippen LogP contribution is 2.18. The Labute approximate surface area is 111 Å². The van der Waals surface area contributed by atoms with Crippen LogP contribution in [0.2, 0.25) is 0 Å². The first-order chi connectivity index (χ1) is 8.16. The summed E-state index contributed by atoms with van der Waals surface area (Å²) in [5.74, 6) is 6.42. The molecule has 0 spiro atoms. The van der Waals surface area contributed by atoms with Crippen LogP contribution in [-0.4, -0.2) is 15.0 Å². The summed E-state index contributed by atoms with van der Waals surface area (Å²) in [5.41, 5.74) is 1.40. The van der Waals surface area contributed by atoms with Gasteiger partial charge >= 0.3 is 0 Å². The second-order valence-electron chi connectivity index (χ2n) is 7.01. The summed E-state index contributed by atoms with van der Waals surface area (Å²) in [6.07, 6.45) is 3.82.